The van der Waals surface area contributed by atoms with Gasteiger partial charge >= 0.3 is 0 Å². The van der Waals surface area contributed by atoms with Crippen LogP contribution in [-0.4, -0.2) is 30.7 Å². The number of ether oxygens (including phenoxy) is 2. The monoisotopic (exact) mass is 629 g/mol. The predicted octanol–water partition coefficient (Wildman–Crippen LogP) is 7.65. The Kier molecular flexibility index (Phi) is 12.7. The molecule has 3 aromatic carbocycles. The van der Waals surface area contributed by atoms with Gasteiger partial charge in [0.1, 0.15) is 12.6 Å². The highest BCUT2D eigenvalue weighted by atomic mass is 35.5. The number of carbonyl (C=O) groups excluding carboxylic acids is 2. The number of rotatable bonds is 14. The van der Waals surface area contributed by atoms with Crippen molar-refractivity contribution in [2.24, 2.45) is 11.0 Å². The van der Waals surface area contributed by atoms with Gasteiger partial charge in [0.05, 0.1) is 12.8 Å². The maximum Gasteiger partial charge on any atom is 0.262 e. The first-order chi connectivity index (χ1) is 20.1. The van der Waals surface area contributed by atoms with Gasteiger partial charge in [-0.25, -0.2) is 5.43 Å². The van der Waals surface area contributed by atoms with Crippen molar-refractivity contribution < 1.29 is 19.1 Å². The van der Waals surface area contributed by atoms with Crippen molar-refractivity contribution in [2.45, 2.75) is 46.3 Å². The molecule has 3 aromatic rings. The van der Waals surface area contributed by atoms with E-state index in [0.29, 0.717) is 57.1 Å². The van der Waals surface area contributed by atoms with Gasteiger partial charge in [0, 0.05) is 31.8 Å². The number of carbonyl (C=O) groups is 2. The molecule has 1 atom stereocenters. The molecule has 10 heteroatoms. The van der Waals surface area contributed by atoms with Gasteiger partial charge in [0.2, 0.25) is 0 Å². The van der Waals surface area contributed by atoms with E-state index in [-0.39, 0.29) is 18.4 Å². The van der Waals surface area contributed by atoms with Crippen molar-refractivity contribution >= 4 is 52.8 Å². The SMILES string of the molecule is C=CCc1cc(C=NNC(=O)C(CC(C)C)NC(=O)c2ccc(Cl)cc2)cc(OCC)c1OCc1ccc(Cl)cc1Cl. The molecule has 42 heavy (non-hydrogen) atoms. The highest BCUT2D eigenvalue weighted by molar-refractivity contribution is 6.35. The Morgan fingerprint density at radius 2 is 1.69 bits per heavy atom. The average molecular weight is 631 g/mol. The summed E-state index contributed by atoms with van der Waals surface area (Å²) in [7, 11) is 0. The number of allylic oxidation sites excluding steroid dienone is 1. The van der Waals surface area contributed by atoms with Crippen LogP contribution < -0.4 is 20.2 Å². The molecule has 0 heterocycles. The smallest absolute Gasteiger partial charge is 0.262 e. The summed E-state index contributed by atoms with van der Waals surface area (Å²) in [6.45, 7) is 10.3. The topological polar surface area (TPSA) is 89.0 Å². The molecule has 1 unspecified atom stereocenters. The van der Waals surface area contributed by atoms with Crippen LogP contribution in [0.15, 0.2) is 72.4 Å². The van der Waals surface area contributed by atoms with E-state index < -0.39 is 11.9 Å². The molecular weight excluding hydrogens is 597 g/mol. The molecular formula is C32H34Cl3N3O4. The molecule has 0 radical (unpaired) electrons. The van der Waals surface area contributed by atoms with Gasteiger partial charge in [0.15, 0.2) is 11.5 Å². The summed E-state index contributed by atoms with van der Waals surface area (Å²) < 4.78 is 12.1. The summed E-state index contributed by atoms with van der Waals surface area (Å²) in [5.41, 5.74) is 5.24. The molecule has 222 valence electrons. The summed E-state index contributed by atoms with van der Waals surface area (Å²) in [6, 6.07) is 14.6. The first-order valence-corrected chi connectivity index (χ1v) is 14.6. The average Bonchev–Trinajstić information content (AvgIpc) is 2.93. The Morgan fingerprint density at radius 1 is 0.976 bits per heavy atom. The number of hydrogen-bond donors (Lipinski definition) is 2. The molecule has 0 fully saturated rings. The molecule has 0 saturated heterocycles. The lowest BCUT2D eigenvalue weighted by atomic mass is 10.0. The fraction of sp³-hybridized carbons (Fsp3) is 0.281. The number of amides is 2. The van der Waals surface area contributed by atoms with Crippen molar-refractivity contribution in [3.05, 3.63) is 105 Å². The molecule has 0 aliphatic rings. The van der Waals surface area contributed by atoms with E-state index in [1.165, 1.54) is 6.21 Å². The lowest BCUT2D eigenvalue weighted by Crippen LogP contribution is -2.46. The lowest BCUT2D eigenvalue weighted by molar-refractivity contribution is -0.123. The van der Waals surface area contributed by atoms with Crippen molar-refractivity contribution in [1.82, 2.24) is 10.7 Å². The highest BCUT2D eigenvalue weighted by Gasteiger charge is 2.22. The van der Waals surface area contributed by atoms with Gasteiger partial charge < -0.3 is 14.8 Å². The second-order valence-electron chi connectivity index (χ2n) is 9.85. The molecule has 2 N–H and O–H groups in total. The van der Waals surface area contributed by atoms with Gasteiger partial charge in [-0.15, -0.1) is 6.58 Å². The summed E-state index contributed by atoms with van der Waals surface area (Å²) in [5.74, 6) is 0.426. The van der Waals surface area contributed by atoms with E-state index in [4.69, 9.17) is 44.3 Å². The van der Waals surface area contributed by atoms with Crippen LogP contribution in [0.5, 0.6) is 11.5 Å². The zero-order valence-corrected chi connectivity index (χ0v) is 26.0. The fourth-order valence-electron chi connectivity index (χ4n) is 4.07. The standard InChI is InChI=1S/C32H34Cl3N3O4/c1-5-7-23-15-21(16-29(41-6-2)30(23)42-19-24-10-13-26(34)17-27(24)35)18-36-38-32(40)28(14-20(3)4)37-31(39)22-8-11-25(33)12-9-22/h5,8-13,15-18,20,28H,1,6-7,14,19H2,2-4H3,(H,37,39)(H,38,40). The van der Waals surface area contributed by atoms with E-state index in [1.54, 1.807) is 48.5 Å². The van der Waals surface area contributed by atoms with Crippen LogP contribution >= 0.6 is 34.8 Å². The first kappa shape index (κ1) is 33.0. The minimum Gasteiger partial charge on any atom is -0.490 e. The third kappa shape index (κ3) is 9.79. The van der Waals surface area contributed by atoms with Crippen LogP contribution in [0.2, 0.25) is 15.1 Å². The predicted molar refractivity (Wildman–Crippen MR) is 170 cm³/mol. The van der Waals surface area contributed by atoms with E-state index in [2.05, 4.69) is 22.4 Å². The van der Waals surface area contributed by atoms with Crippen molar-refractivity contribution in [2.75, 3.05) is 6.61 Å². The Hall–Kier alpha value is -3.52. The van der Waals surface area contributed by atoms with Crippen LogP contribution in [0.25, 0.3) is 0 Å². The Bertz CT molecular complexity index is 1430. The van der Waals surface area contributed by atoms with E-state index in [0.717, 1.165) is 11.1 Å². The third-order valence-electron chi connectivity index (χ3n) is 6.03. The fourth-order valence-corrected chi connectivity index (χ4v) is 4.66. The minimum absolute atomic E-state index is 0.153. The first-order valence-electron chi connectivity index (χ1n) is 13.5. The van der Waals surface area contributed by atoms with Gasteiger partial charge in [0.25, 0.3) is 11.8 Å². The molecule has 0 aliphatic carbocycles. The number of hydrazone groups is 1. The van der Waals surface area contributed by atoms with Crippen molar-refractivity contribution in [1.29, 1.82) is 0 Å². The zero-order valence-electron chi connectivity index (χ0n) is 23.8. The van der Waals surface area contributed by atoms with Crippen molar-refractivity contribution in [3.63, 3.8) is 0 Å². The zero-order chi connectivity index (χ0) is 30.6. The number of halogens is 3. The molecule has 0 aromatic heterocycles. The summed E-state index contributed by atoms with van der Waals surface area (Å²) in [5, 5.41) is 8.52. The number of nitrogens with zero attached hydrogens (tertiary/aromatic N) is 1. The molecule has 7 nitrogen and oxygen atoms in total. The number of nitrogens with one attached hydrogen (secondary N) is 2. The summed E-state index contributed by atoms with van der Waals surface area (Å²) >= 11 is 18.3. The van der Waals surface area contributed by atoms with Gasteiger partial charge in [-0.1, -0.05) is 60.8 Å². The molecule has 0 spiro atoms. The maximum atomic E-state index is 13.0. The normalized spacial score (nSPS) is 11.8. The maximum absolute atomic E-state index is 13.0. The Balaban J connectivity index is 1.77. The van der Waals surface area contributed by atoms with E-state index >= 15 is 0 Å². The highest BCUT2D eigenvalue weighted by Crippen LogP contribution is 2.35. The Labute approximate surface area is 261 Å². The largest absolute Gasteiger partial charge is 0.490 e. The van der Waals surface area contributed by atoms with Gasteiger partial charge in [-0.05, 0) is 79.8 Å². The van der Waals surface area contributed by atoms with Gasteiger partial charge in [-0.2, -0.15) is 5.10 Å². The molecule has 0 bridgehead atoms. The van der Waals surface area contributed by atoms with Gasteiger partial charge in [-0.3, -0.25) is 9.59 Å². The lowest BCUT2D eigenvalue weighted by Gasteiger charge is -2.19. The van der Waals surface area contributed by atoms with E-state index in [9.17, 15) is 9.59 Å². The molecule has 0 aliphatic heterocycles. The summed E-state index contributed by atoms with van der Waals surface area (Å²) in [6.07, 6.45) is 4.21. The second-order valence-corrected chi connectivity index (χ2v) is 11.1. The molecule has 2 amide bonds. The van der Waals surface area contributed by atoms with Crippen LogP contribution in [-0.2, 0) is 17.8 Å². The Morgan fingerprint density at radius 3 is 2.33 bits per heavy atom. The number of hydrogen-bond acceptors (Lipinski definition) is 5. The van der Waals surface area contributed by atoms with Crippen LogP contribution in [0.4, 0.5) is 0 Å². The third-order valence-corrected chi connectivity index (χ3v) is 6.87. The quantitative estimate of drug-likeness (QED) is 0.109. The molecule has 3 rings (SSSR count). The van der Waals surface area contributed by atoms with Crippen LogP contribution in [0.3, 0.4) is 0 Å². The number of benzene rings is 3. The van der Waals surface area contributed by atoms with Crippen LogP contribution in [0, 0.1) is 5.92 Å². The molecule has 0 saturated carbocycles. The minimum atomic E-state index is -0.781. The summed E-state index contributed by atoms with van der Waals surface area (Å²) in [4.78, 5) is 25.7. The van der Waals surface area contributed by atoms with E-state index in [1.807, 2.05) is 32.9 Å². The second kappa shape index (κ2) is 16.2. The van der Waals surface area contributed by atoms with Crippen molar-refractivity contribution in [3.8, 4) is 11.5 Å². The van der Waals surface area contributed by atoms with Crippen LogP contribution in [0.1, 0.15) is 54.2 Å².